The Balaban J connectivity index is 2.11. The van der Waals surface area contributed by atoms with Gasteiger partial charge in [-0.1, -0.05) is 24.9 Å². The molecule has 0 aliphatic rings. The Morgan fingerprint density at radius 2 is 2.00 bits per heavy atom. The molecular weight excluding hydrogens is 349 g/mol. The van der Waals surface area contributed by atoms with Gasteiger partial charge in [0.05, 0.1) is 16.1 Å². The van der Waals surface area contributed by atoms with E-state index in [0.717, 1.165) is 26.0 Å². The van der Waals surface area contributed by atoms with Gasteiger partial charge in [-0.2, -0.15) is 0 Å². The van der Waals surface area contributed by atoms with Crippen LogP contribution in [0, 0.1) is 5.82 Å². The number of nitrogens with one attached hydrogen (secondary N) is 1. The quantitative estimate of drug-likeness (QED) is 0.500. The Morgan fingerprint density at radius 3 is 2.75 bits per heavy atom. The second kappa shape index (κ2) is 10.4. The molecule has 0 bridgehead atoms. The second-order valence-corrected chi connectivity index (χ2v) is 5.52. The first kappa shape index (κ1) is 17.7. The SMILES string of the molecule is CCCCOCCNCCOc1cc(F)c(Cl)cc1Br. The third-order valence-corrected chi connectivity index (χ3v) is 3.49. The first-order valence-electron chi connectivity index (χ1n) is 6.71. The topological polar surface area (TPSA) is 30.5 Å². The number of benzene rings is 1. The molecule has 0 saturated carbocycles. The van der Waals surface area contributed by atoms with Crippen LogP contribution in [0.15, 0.2) is 16.6 Å². The number of ether oxygens (including phenoxy) is 2. The molecule has 1 aromatic rings. The van der Waals surface area contributed by atoms with Crippen LogP contribution in [0.4, 0.5) is 4.39 Å². The molecule has 114 valence electrons. The smallest absolute Gasteiger partial charge is 0.145 e. The van der Waals surface area contributed by atoms with E-state index in [1.54, 1.807) is 0 Å². The van der Waals surface area contributed by atoms with Crippen molar-refractivity contribution in [2.45, 2.75) is 19.8 Å². The summed E-state index contributed by atoms with van der Waals surface area (Å²) in [5.74, 6) is -0.0324. The van der Waals surface area contributed by atoms with E-state index >= 15 is 0 Å². The van der Waals surface area contributed by atoms with Crippen LogP contribution in [0.25, 0.3) is 0 Å². The van der Waals surface area contributed by atoms with E-state index in [-0.39, 0.29) is 5.02 Å². The lowest BCUT2D eigenvalue weighted by Crippen LogP contribution is -2.25. The lowest BCUT2D eigenvalue weighted by molar-refractivity contribution is 0.132. The zero-order chi connectivity index (χ0) is 14.8. The predicted molar refractivity (Wildman–Crippen MR) is 83.2 cm³/mol. The molecule has 1 aromatic carbocycles. The number of hydrogen-bond donors (Lipinski definition) is 1. The third-order valence-electron chi connectivity index (χ3n) is 2.58. The van der Waals surface area contributed by atoms with Gasteiger partial charge >= 0.3 is 0 Å². The van der Waals surface area contributed by atoms with Crippen LogP contribution < -0.4 is 10.1 Å². The highest BCUT2D eigenvalue weighted by atomic mass is 79.9. The minimum absolute atomic E-state index is 0.0755. The maximum Gasteiger partial charge on any atom is 0.145 e. The van der Waals surface area contributed by atoms with Gasteiger partial charge < -0.3 is 14.8 Å². The molecule has 0 heterocycles. The maximum atomic E-state index is 13.3. The van der Waals surface area contributed by atoms with Gasteiger partial charge in [-0.15, -0.1) is 0 Å². The Labute approximate surface area is 132 Å². The normalized spacial score (nSPS) is 10.8. The van der Waals surface area contributed by atoms with Crippen molar-refractivity contribution in [3.05, 3.63) is 27.4 Å². The summed E-state index contributed by atoms with van der Waals surface area (Å²) < 4.78 is 24.8. The van der Waals surface area contributed by atoms with Gasteiger partial charge in [-0.05, 0) is 28.4 Å². The maximum absolute atomic E-state index is 13.3. The van der Waals surface area contributed by atoms with Gasteiger partial charge in [-0.25, -0.2) is 4.39 Å². The third kappa shape index (κ3) is 6.88. The highest BCUT2D eigenvalue weighted by Gasteiger charge is 2.07. The van der Waals surface area contributed by atoms with Crippen LogP contribution in [0.3, 0.4) is 0 Å². The molecular formula is C14H20BrClFNO2. The molecule has 3 nitrogen and oxygen atoms in total. The molecule has 6 heteroatoms. The molecule has 0 unspecified atom stereocenters. The van der Waals surface area contributed by atoms with Crippen LogP contribution in [0.1, 0.15) is 19.8 Å². The molecule has 0 amide bonds. The molecule has 0 spiro atoms. The molecule has 0 atom stereocenters. The van der Waals surface area contributed by atoms with Crippen molar-refractivity contribution in [2.24, 2.45) is 0 Å². The minimum Gasteiger partial charge on any atom is -0.491 e. The van der Waals surface area contributed by atoms with Gasteiger partial charge in [0.15, 0.2) is 0 Å². The van der Waals surface area contributed by atoms with Gasteiger partial charge in [0.1, 0.15) is 18.2 Å². The fraction of sp³-hybridized carbons (Fsp3) is 0.571. The van der Waals surface area contributed by atoms with Crippen molar-refractivity contribution >= 4 is 27.5 Å². The van der Waals surface area contributed by atoms with Crippen LogP contribution in [-0.2, 0) is 4.74 Å². The van der Waals surface area contributed by atoms with Crippen molar-refractivity contribution in [3.8, 4) is 5.75 Å². The molecule has 0 fully saturated rings. The molecule has 0 aliphatic heterocycles. The number of halogens is 3. The zero-order valence-corrected chi connectivity index (χ0v) is 13.9. The Hall–Kier alpha value is -0.360. The lowest BCUT2D eigenvalue weighted by Gasteiger charge is -2.10. The van der Waals surface area contributed by atoms with Crippen molar-refractivity contribution in [1.82, 2.24) is 5.32 Å². The number of unbranched alkanes of at least 4 members (excludes halogenated alkanes) is 1. The van der Waals surface area contributed by atoms with Crippen LogP contribution >= 0.6 is 27.5 Å². The number of rotatable bonds is 10. The summed E-state index contributed by atoms with van der Waals surface area (Å²) in [5.41, 5.74) is 0. The first-order valence-corrected chi connectivity index (χ1v) is 7.88. The van der Waals surface area contributed by atoms with Gasteiger partial charge in [0, 0.05) is 25.8 Å². The highest BCUT2D eigenvalue weighted by molar-refractivity contribution is 9.10. The largest absolute Gasteiger partial charge is 0.491 e. The van der Waals surface area contributed by atoms with Crippen molar-refractivity contribution in [1.29, 1.82) is 0 Å². The van der Waals surface area contributed by atoms with Crippen molar-refractivity contribution < 1.29 is 13.9 Å². The molecule has 0 saturated heterocycles. The summed E-state index contributed by atoms with van der Waals surface area (Å²) in [7, 11) is 0. The Kier molecular flexibility index (Phi) is 9.18. The highest BCUT2D eigenvalue weighted by Crippen LogP contribution is 2.30. The Morgan fingerprint density at radius 1 is 1.25 bits per heavy atom. The second-order valence-electron chi connectivity index (χ2n) is 4.26. The Bertz CT molecular complexity index is 407. The van der Waals surface area contributed by atoms with Crippen molar-refractivity contribution in [3.63, 3.8) is 0 Å². The first-order chi connectivity index (χ1) is 9.65. The molecule has 20 heavy (non-hydrogen) atoms. The summed E-state index contributed by atoms with van der Waals surface area (Å²) in [4.78, 5) is 0. The van der Waals surface area contributed by atoms with E-state index in [4.69, 9.17) is 21.1 Å². The lowest BCUT2D eigenvalue weighted by atomic mass is 10.3. The summed E-state index contributed by atoms with van der Waals surface area (Å²) in [5, 5.41) is 3.27. The predicted octanol–water partition coefficient (Wildman–Crippen LogP) is 4.03. The van der Waals surface area contributed by atoms with Crippen LogP contribution in [0.5, 0.6) is 5.75 Å². The van der Waals surface area contributed by atoms with Crippen molar-refractivity contribution in [2.75, 3.05) is 32.9 Å². The van der Waals surface area contributed by atoms with E-state index in [0.29, 0.717) is 30.0 Å². The van der Waals surface area contributed by atoms with E-state index in [1.165, 1.54) is 12.1 Å². The molecule has 0 aromatic heterocycles. The van der Waals surface area contributed by atoms with Crippen LogP contribution in [0.2, 0.25) is 5.02 Å². The summed E-state index contributed by atoms with van der Waals surface area (Å²) in [6.07, 6.45) is 2.24. The standard InChI is InChI=1S/C14H20BrClFNO2/c1-2-3-6-19-7-4-18-5-8-20-14-10-13(17)12(16)9-11(14)15/h9-10,18H,2-8H2,1H3. The van der Waals surface area contributed by atoms with E-state index in [9.17, 15) is 4.39 Å². The minimum atomic E-state index is -0.484. The fourth-order valence-corrected chi connectivity index (χ4v) is 2.22. The average Bonchev–Trinajstić information content (AvgIpc) is 2.42. The molecule has 1 N–H and O–H groups in total. The molecule has 0 aliphatic carbocycles. The van der Waals surface area contributed by atoms with E-state index in [1.807, 2.05) is 0 Å². The van der Waals surface area contributed by atoms with Crippen LogP contribution in [-0.4, -0.2) is 32.9 Å². The number of hydrogen-bond acceptors (Lipinski definition) is 3. The fourth-order valence-electron chi connectivity index (χ4n) is 1.47. The summed E-state index contributed by atoms with van der Waals surface area (Å²) in [6.45, 7) is 5.55. The zero-order valence-electron chi connectivity index (χ0n) is 11.6. The summed E-state index contributed by atoms with van der Waals surface area (Å²) in [6, 6.07) is 2.77. The van der Waals surface area contributed by atoms with E-state index < -0.39 is 5.82 Å². The van der Waals surface area contributed by atoms with Gasteiger partial charge in [-0.3, -0.25) is 0 Å². The van der Waals surface area contributed by atoms with E-state index in [2.05, 4.69) is 28.2 Å². The van der Waals surface area contributed by atoms with Gasteiger partial charge in [0.2, 0.25) is 0 Å². The van der Waals surface area contributed by atoms with Gasteiger partial charge in [0.25, 0.3) is 0 Å². The molecule has 0 radical (unpaired) electrons. The molecule has 1 rings (SSSR count). The monoisotopic (exact) mass is 367 g/mol. The summed E-state index contributed by atoms with van der Waals surface area (Å²) >= 11 is 8.94. The average molecular weight is 369 g/mol.